The van der Waals surface area contributed by atoms with Crippen LogP contribution in [0.1, 0.15) is 25.1 Å². The number of rotatable bonds is 4. The predicted octanol–water partition coefficient (Wildman–Crippen LogP) is 1.32. The minimum atomic E-state index is -0.857. The summed E-state index contributed by atoms with van der Waals surface area (Å²) in [5.74, 6) is 0.103. The molecule has 0 radical (unpaired) electrons. The number of fused-ring (bicyclic) bond motifs is 1. The van der Waals surface area contributed by atoms with Crippen LogP contribution >= 0.6 is 0 Å². The Morgan fingerprint density at radius 2 is 2.32 bits per heavy atom. The summed E-state index contributed by atoms with van der Waals surface area (Å²) in [7, 11) is 0. The number of imidazole rings is 1. The normalized spacial score (nSPS) is 27.5. The molecule has 118 valence electrons. The van der Waals surface area contributed by atoms with Crippen LogP contribution in [0.2, 0.25) is 0 Å². The van der Waals surface area contributed by atoms with Crippen molar-refractivity contribution in [2.24, 2.45) is 11.3 Å². The molecule has 1 fully saturated rings. The molecule has 1 N–H and O–H groups in total. The molecule has 2 aliphatic heterocycles. The van der Waals surface area contributed by atoms with Gasteiger partial charge >= 0.3 is 5.97 Å². The van der Waals surface area contributed by atoms with Crippen LogP contribution in [0.25, 0.3) is 0 Å². The van der Waals surface area contributed by atoms with E-state index in [4.69, 9.17) is 0 Å². The van der Waals surface area contributed by atoms with Gasteiger partial charge < -0.3 is 14.6 Å². The lowest BCUT2D eigenvalue weighted by Crippen LogP contribution is -2.41. The number of nitrogens with zero attached hydrogens (tertiary/aromatic N) is 3. The van der Waals surface area contributed by atoms with Crippen molar-refractivity contribution < 1.29 is 14.7 Å². The number of hydrogen-bond donors (Lipinski definition) is 1. The fraction of sp³-hybridized carbons (Fsp3) is 0.562. The van der Waals surface area contributed by atoms with Gasteiger partial charge in [0.1, 0.15) is 5.82 Å². The molecule has 6 nitrogen and oxygen atoms in total. The zero-order valence-corrected chi connectivity index (χ0v) is 12.6. The quantitative estimate of drug-likeness (QED) is 0.851. The Kier molecular flexibility index (Phi) is 3.76. The first-order valence-corrected chi connectivity index (χ1v) is 7.69. The van der Waals surface area contributed by atoms with E-state index in [1.165, 1.54) is 0 Å². The molecular weight excluding hydrogens is 282 g/mol. The van der Waals surface area contributed by atoms with Gasteiger partial charge in [-0.05, 0) is 19.3 Å². The lowest BCUT2D eigenvalue weighted by atomic mass is 9.84. The third-order valence-corrected chi connectivity index (χ3v) is 4.95. The zero-order chi connectivity index (χ0) is 15.7. The van der Waals surface area contributed by atoms with Crippen LogP contribution in [-0.4, -0.2) is 44.5 Å². The second-order valence-electron chi connectivity index (χ2n) is 6.31. The Labute approximate surface area is 129 Å². The second-order valence-corrected chi connectivity index (χ2v) is 6.31. The number of amides is 1. The molecule has 0 aromatic carbocycles. The molecule has 0 spiro atoms. The average Bonchev–Trinajstić information content (AvgIpc) is 3.13. The fourth-order valence-electron chi connectivity index (χ4n) is 3.59. The summed E-state index contributed by atoms with van der Waals surface area (Å²) in [5.41, 5.74) is -0.857. The van der Waals surface area contributed by atoms with Gasteiger partial charge in [0, 0.05) is 44.4 Å². The number of aliphatic carboxylic acids is 1. The zero-order valence-electron chi connectivity index (χ0n) is 12.6. The number of allylic oxidation sites excluding steroid dienone is 1. The first kappa shape index (κ1) is 14.8. The van der Waals surface area contributed by atoms with Crippen LogP contribution in [0.5, 0.6) is 0 Å². The SMILES string of the molecule is C=CCC1(C(=O)O)CCN(C(=O)C2CCn3ccnc3C2)C1. The summed E-state index contributed by atoms with van der Waals surface area (Å²) >= 11 is 0. The van der Waals surface area contributed by atoms with E-state index in [1.54, 1.807) is 17.2 Å². The van der Waals surface area contributed by atoms with Gasteiger partial charge in [0.2, 0.25) is 5.91 Å². The number of hydrogen-bond acceptors (Lipinski definition) is 3. The lowest BCUT2D eigenvalue weighted by Gasteiger charge is -2.28. The Balaban J connectivity index is 1.69. The Morgan fingerprint density at radius 1 is 1.50 bits per heavy atom. The molecule has 0 bridgehead atoms. The molecule has 1 saturated heterocycles. The summed E-state index contributed by atoms with van der Waals surface area (Å²) < 4.78 is 2.08. The molecule has 2 atom stereocenters. The Hall–Kier alpha value is -2.11. The third kappa shape index (κ3) is 2.42. The molecule has 6 heteroatoms. The maximum absolute atomic E-state index is 12.7. The average molecular weight is 303 g/mol. The van der Waals surface area contributed by atoms with Crippen LogP contribution < -0.4 is 0 Å². The number of carboxylic acid groups (broad SMARTS) is 1. The van der Waals surface area contributed by atoms with Crippen molar-refractivity contribution in [2.75, 3.05) is 13.1 Å². The van der Waals surface area contributed by atoms with Crippen LogP contribution in [0.4, 0.5) is 0 Å². The highest BCUT2D eigenvalue weighted by Crippen LogP contribution is 2.36. The molecule has 0 aliphatic carbocycles. The number of aryl methyl sites for hydroxylation is 1. The number of carbonyl (C=O) groups is 2. The van der Waals surface area contributed by atoms with Crippen molar-refractivity contribution in [1.82, 2.24) is 14.5 Å². The standard InChI is InChI=1S/C16H21N3O3/c1-2-4-16(15(21)22)5-8-19(11-16)14(20)12-3-7-18-9-6-17-13(18)10-12/h2,6,9,12H,1,3-5,7-8,10-11H2,(H,21,22). The van der Waals surface area contributed by atoms with Gasteiger partial charge in [0.25, 0.3) is 0 Å². The van der Waals surface area contributed by atoms with E-state index >= 15 is 0 Å². The smallest absolute Gasteiger partial charge is 0.311 e. The van der Waals surface area contributed by atoms with E-state index in [9.17, 15) is 14.7 Å². The van der Waals surface area contributed by atoms with E-state index < -0.39 is 11.4 Å². The van der Waals surface area contributed by atoms with Crippen LogP contribution in [0.15, 0.2) is 25.0 Å². The van der Waals surface area contributed by atoms with Gasteiger partial charge in [-0.1, -0.05) is 6.08 Å². The van der Waals surface area contributed by atoms with Crippen LogP contribution in [0, 0.1) is 11.3 Å². The van der Waals surface area contributed by atoms with Gasteiger partial charge in [0.05, 0.1) is 5.41 Å². The molecule has 2 aliphatic rings. The van der Waals surface area contributed by atoms with E-state index in [0.29, 0.717) is 25.8 Å². The van der Waals surface area contributed by atoms with Gasteiger partial charge in [-0.3, -0.25) is 9.59 Å². The number of carboxylic acids is 1. The summed E-state index contributed by atoms with van der Waals surface area (Å²) in [5, 5.41) is 9.51. The molecule has 0 saturated carbocycles. The predicted molar refractivity (Wildman–Crippen MR) is 80.1 cm³/mol. The van der Waals surface area contributed by atoms with Crippen molar-refractivity contribution in [3.63, 3.8) is 0 Å². The molecule has 2 unspecified atom stereocenters. The molecule has 22 heavy (non-hydrogen) atoms. The largest absolute Gasteiger partial charge is 0.481 e. The van der Waals surface area contributed by atoms with Crippen molar-refractivity contribution in [1.29, 1.82) is 0 Å². The molecular formula is C16H21N3O3. The van der Waals surface area contributed by atoms with Crippen LogP contribution in [0.3, 0.4) is 0 Å². The van der Waals surface area contributed by atoms with E-state index in [2.05, 4.69) is 16.1 Å². The second kappa shape index (κ2) is 5.59. The van der Waals surface area contributed by atoms with Crippen molar-refractivity contribution >= 4 is 11.9 Å². The number of aromatic nitrogens is 2. The van der Waals surface area contributed by atoms with Crippen molar-refractivity contribution in [3.05, 3.63) is 30.9 Å². The summed E-state index contributed by atoms with van der Waals surface area (Å²) in [6.07, 6.45) is 7.68. The van der Waals surface area contributed by atoms with Gasteiger partial charge in [0.15, 0.2) is 0 Å². The molecule has 1 aromatic heterocycles. The monoisotopic (exact) mass is 303 g/mol. The first-order chi connectivity index (χ1) is 10.6. The lowest BCUT2D eigenvalue weighted by molar-refractivity contribution is -0.148. The Bertz CT molecular complexity index is 610. The fourth-order valence-corrected chi connectivity index (χ4v) is 3.59. The van der Waals surface area contributed by atoms with Gasteiger partial charge in [-0.2, -0.15) is 0 Å². The van der Waals surface area contributed by atoms with E-state index in [1.807, 2.05) is 6.20 Å². The summed E-state index contributed by atoms with van der Waals surface area (Å²) in [4.78, 5) is 30.3. The Morgan fingerprint density at radius 3 is 3.05 bits per heavy atom. The molecule has 3 rings (SSSR count). The molecule has 3 heterocycles. The minimum Gasteiger partial charge on any atom is -0.481 e. The summed E-state index contributed by atoms with van der Waals surface area (Å²) in [6.45, 7) is 5.26. The highest BCUT2D eigenvalue weighted by atomic mass is 16.4. The first-order valence-electron chi connectivity index (χ1n) is 7.69. The highest BCUT2D eigenvalue weighted by molar-refractivity contribution is 5.82. The maximum atomic E-state index is 12.7. The van der Waals surface area contributed by atoms with E-state index in [0.717, 1.165) is 18.8 Å². The third-order valence-electron chi connectivity index (χ3n) is 4.95. The van der Waals surface area contributed by atoms with Gasteiger partial charge in [-0.25, -0.2) is 4.98 Å². The topological polar surface area (TPSA) is 75.4 Å². The highest BCUT2D eigenvalue weighted by Gasteiger charge is 2.46. The minimum absolute atomic E-state index is 0.0708. The molecule has 1 aromatic rings. The number of carbonyl (C=O) groups excluding carboxylic acids is 1. The van der Waals surface area contributed by atoms with Gasteiger partial charge in [-0.15, -0.1) is 6.58 Å². The van der Waals surface area contributed by atoms with Crippen molar-refractivity contribution in [2.45, 2.75) is 32.2 Å². The maximum Gasteiger partial charge on any atom is 0.311 e. The van der Waals surface area contributed by atoms with E-state index in [-0.39, 0.29) is 18.4 Å². The number of likely N-dealkylation sites (tertiary alicyclic amines) is 1. The van der Waals surface area contributed by atoms with Crippen molar-refractivity contribution in [3.8, 4) is 0 Å². The molecule has 1 amide bonds. The van der Waals surface area contributed by atoms with Crippen LogP contribution in [-0.2, 0) is 22.6 Å². The summed E-state index contributed by atoms with van der Waals surface area (Å²) in [6, 6.07) is 0.